The normalized spacial score (nSPS) is 14.9. The van der Waals surface area contributed by atoms with Crippen LogP contribution in [0.4, 0.5) is 29.5 Å². The molecule has 1 atom stereocenters. The van der Waals surface area contributed by atoms with Gasteiger partial charge in [-0.25, -0.2) is 4.79 Å². The number of amides is 2. The number of rotatable bonds is 7. The van der Waals surface area contributed by atoms with Crippen molar-refractivity contribution in [1.29, 1.82) is 0 Å². The third-order valence-corrected chi connectivity index (χ3v) is 8.17. The third-order valence-electron chi connectivity index (χ3n) is 6.36. The van der Waals surface area contributed by atoms with Crippen LogP contribution >= 0.6 is 10.5 Å². The maximum Gasteiger partial charge on any atom is 0.573 e. The highest BCUT2D eigenvalue weighted by Gasteiger charge is 2.31. The number of ether oxygens (including phenoxy) is 1. The van der Waals surface area contributed by atoms with Crippen LogP contribution in [0.15, 0.2) is 60.0 Å². The molecule has 39 heavy (non-hydrogen) atoms. The van der Waals surface area contributed by atoms with Gasteiger partial charge in [0.2, 0.25) is 5.82 Å². The number of piperazine rings is 1. The number of halogens is 3. The zero-order valence-corrected chi connectivity index (χ0v) is 21.7. The van der Waals surface area contributed by atoms with Crippen LogP contribution in [0.25, 0.3) is 10.2 Å². The van der Waals surface area contributed by atoms with Crippen LogP contribution in [0.2, 0.25) is 0 Å². The van der Waals surface area contributed by atoms with Crippen LogP contribution in [0.3, 0.4) is 0 Å². The number of nitrogens with zero attached hydrogens (tertiary/aromatic N) is 3. The summed E-state index contributed by atoms with van der Waals surface area (Å²) >= 11 is 0. The number of benzene rings is 2. The van der Waals surface area contributed by atoms with Gasteiger partial charge in [0.15, 0.2) is 5.38 Å². The monoisotopic (exact) mass is 559 g/mol. The van der Waals surface area contributed by atoms with Crippen molar-refractivity contribution in [2.75, 3.05) is 43.4 Å². The lowest BCUT2D eigenvalue weighted by atomic mass is 10.1. The Kier molecular flexibility index (Phi) is 7.44. The zero-order chi connectivity index (χ0) is 27.6. The van der Waals surface area contributed by atoms with E-state index in [1.165, 1.54) is 24.3 Å². The van der Waals surface area contributed by atoms with Crippen molar-refractivity contribution in [3.63, 3.8) is 0 Å². The molecule has 13 heteroatoms. The van der Waals surface area contributed by atoms with E-state index < -0.39 is 16.8 Å². The average molecular weight is 560 g/mol. The highest BCUT2D eigenvalue weighted by molar-refractivity contribution is 7.55. The maximum atomic E-state index is 13.0. The molecule has 0 saturated carbocycles. The van der Waals surface area contributed by atoms with Gasteiger partial charge in [-0.2, -0.15) is 5.10 Å². The van der Waals surface area contributed by atoms with Gasteiger partial charge in [0.1, 0.15) is 11.3 Å². The second-order valence-electron chi connectivity index (χ2n) is 9.08. The average Bonchev–Trinajstić information content (AvgIpc) is 3.51. The van der Waals surface area contributed by atoms with Gasteiger partial charge < -0.3 is 25.2 Å². The zero-order valence-electron chi connectivity index (χ0n) is 20.9. The summed E-state index contributed by atoms with van der Waals surface area (Å²) in [6.07, 6.45) is -4.77. The molecule has 2 amide bonds. The molecule has 1 fully saturated rings. The minimum atomic E-state index is -4.77. The number of aromatic amines is 1. The van der Waals surface area contributed by atoms with E-state index in [1.54, 1.807) is 23.6 Å². The van der Waals surface area contributed by atoms with E-state index in [4.69, 9.17) is 0 Å². The number of aromatic nitrogens is 2. The molecule has 5 rings (SSSR count). The molecule has 1 unspecified atom stereocenters. The van der Waals surface area contributed by atoms with E-state index in [0.717, 1.165) is 31.9 Å². The van der Waals surface area contributed by atoms with E-state index in [2.05, 4.69) is 42.4 Å². The Balaban J connectivity index is 1.23. The minimum Gasteiger partial charge on any atom is -0.406 e. The molecule has 0 bridgehead atoms. The topological polar surface area (TPSA) is 103 Å². The summed E-state index contributed by atoms with van der Waals surface area (Å²) in [6.45, 7) is 3.93. The number of nitrogens with one attached hydrogen (secondary N) is 3. The fourth-order valence-corrected chi connectivity index (χ4v) is 5.85. The molecule has 1 aliphatic rings. The number of H-pyrrole nitrogens is 1. The molecule has 204 valence electrons. The molecule has 4 aromatic rings. The molecule has 3 N–H and O–H groups in total. The lowest BCUT2D eigenvalue weighted by Gasteiger charge is -2.34. The Morgan fingerprint density at radius 3 is 2.38 bits per heavy atom. The maximum absolute atomic E-state index is 13.0. The van der Waals surface area contributed by atoms with Crippen LogP contribution in [0, 0.1) is 0 Å². The first-order chi connectivity index (χ1) is 18.7. The first kappa shape index (κ1) is 26.5. The van der Waals surface area contributed by atoms with Gasteiger partial charge in [-0.1, -0.05) is 12.1 Å². The lowest BCUT2D eigenvalue weighted by molar-refractivity contribution is -0.274. The number of thiophene rings is 1. The second kappa shape index (κ2) is 10.9. The van der Waals surface area contributed by atoms with E-state index in [9.17, 15) is 22.8 Å². The molecule has 1 aliphatic heterocycles. The second-order valence-corrected chi connectivity index (χ2v) is 10.8. The fraction of sp³-hybridized carbons (Fsp3) is 0.269. The molecule has 2 aromatic heterocycles. The summed E-state index contributed by atoms with van der Waals surface area (Å²) in [7, 11) is 1.07. The number of carbonyl (C=O) groups excluding carboxylic acids is 2. The van der Waals surface area contributed by atoms with Gasteiger partial charge in [-0.3, -0.25) is 9.89 Å². The number of carbonyl (C=O) groups is 2. The highest BCUT2D eigenvalue weighted by atomic mass is 32.2. The van der Waals surface area contributed by atoms with Gasteiger partial charge in [0.05, 0.1) is 10.5 Å². The van der Waals surface area contributed by atoms with E-state index >= 15 is 0 Å². The summed E-state index contributed by atoms with van der Waals surface area (Å²) < 4.78 is 41.5. The largest absolute Gasteiger partial charge is 0.573 e. The van der Waals surface area contributed by atoms with Gasteiger partial charge in [-0.15, -0.1) is 13.2 Å². The van der Waals surface area contributed by atoms with Crippen molar-refractivity contribution in [1.82, 2.24) is 20.4 Å². The van der Waals surface area contributed by atoms with E-state index in [1.807, 2.05) is 12.1 Å². The molecule has 0 spiro atoms. The quantitative estimate of drug-likeness (QED) is 0.276. The molecular weight excluding hydrogens is 533 g/mol. The van der Waals surface area contributed by atoms with Crippen molar-refractivity contribution in [3.05, 3.63) is 71.1 Å². The van der Waals surface area contributed by atoms with Crippen LogP contribution in [-0.4, -0.2) is 65.8 Å². The number of alkyl halides is 3. The van der Waals surface area contributed by atoms with E-state index in [0.29, 0.717) is 21.3 Å². The summed E-state index contributed by atoms with van der Waals surface area (Å²) in [6, 6.07) is 14.4. The molecule has 2 aromatic carbocycles. The van der Waals surface area contributed by atoms with Crippen LogP contribution in [0.5, 0.6) is 5.75 Å². The Morgan fingerprint density at radius 1 is 1.03 bits per heavy atom. The van der Waals surface area contributed by atoms with Crippen molar-refractivity contribution < 1.29 is 27.5 Å². The third kappa shape index (κ3) is 6.32. The number of hydrogen-bond donors (Lipinski definition) is 3. The number of anilines is 2. The first-order valence-electron chi connectivity index (χ1n) is 12.1. The fourth-order valence-electron chi connectivity index (χ4n) is 4.25. The van der Waals surface area contributed by atoms with Crippen molar-refractivity contribution in [2.45, 2.75) is 12.9 Å². The van der Waals surface area contributed by atoms with Crippen LogP contribution in [-0.2, 0) is 6.54 Å². The molecule has 3 heterocycles. The Labute approximate surface area is 224 Å². The summed E-state index contributed by atoms with van der Waals surface area (Å²) in [4.78, 5) is 30.5. The first-order valence-corrected chi connectivity index (χ1v) is 13.4. The van der Waals surface area contributed by atoms with Crippen LogP contribution < -0.4 is 20.3 Å². The van der Waals surface area contributed by atoms with Crippen LogP contribution in [0.1, 0.15) is 15.9 Å². The summed E-state index contributed by atoms with van der Waals surface area (Å²) in [5.41, 5.74) is 2.76. The molecule has 9 nitrogen and oxygen atoms in total. The molecule has 1 saturated heterocycles. The van der Waals surface area contributed by atoms with Gasteiger partial charge in [0, 0.05) is 50.0 Å². The smallest absolute Gasteiger partial charge is 0.406 e. The Hall–Kier alpha value is -4.10. The predicted octanol–water partition coefficient (Wildman–Crippen LogP) is 4.97. The van der Waals surface area contributed by atoms with Gasteiger partial charge in [0.25, 0.3) is 10.6 Å². The standard InChI is InChI=1S/C26H25F3N6O3S/c1-34-11-13-35(14-12-34)19-6-4-18(5-7-19)24(36)31-23-22-21(32-33-23)10-15-39(22)25(37)30-16-17-2-8-20(9-3-17)38-26(27,28)29/h2-10,15H,11-14,16H2,1H3,(H2-,30,31,32,33,36,37)/p+1. The molecule has 0 radical (unpaired) electrons. The Morgan fingerprint density at radius 2 is 1.72 bits per heavy atom. The van der Waals surface area contributed by atoms with Crippen molar-refractivity contribution in [3.8, 4) is 5.75 Å². The van der Waals surface area contributed by atoms with Gasteiger partial charge >= 0.3 is 11.6 Å². The predicted molar refractivity (Wildman–Crippen MR) is 143 cm³/mol. The lowest BCUT2D eigenvalue weighted by Crippen LogP contribution is -2.44. The summed E-state index contributed by atoms with van der Waals surface area (Å²) in [5.74, 6) is -0.405. The number of likely N-dealkylation sites (N-methyl/N-ethyl adjacent to an activating group) is 1. The van der Waals surface area contributed by atoms with E-state index in [-0.39, 0.29) is 29.3 Å². The number of hydrogen-bond acceptors (Lipinski definition) is 6. The molecular formula is C26H26F3N6O3S+. The van der Waals surface area contributed by atoms with Crippen molar-refractivity contribution in [2.24, 2.45) is 0 Å². The SMILES string of the molecule is CN1CCN(c2ccc(C(=O)Nc3n[nH]c4cc[s+](C(=O)NCc5ccc(OC(F)(F)F)cc5)c34)cc2)CC1. The summed E-state index contributed by atoms with van der Waals surface area (Å²) in [5, 5.41) is 14.0. The highest BCUT2D eigenvalue weighted by Crippen LogP contribution is 2.36. The van der Waals surface area contributed by atoms with Gasteiger partial charge in [-0.05, 0) is 49.0 Å². The number of fused-ring (bicyclic) bond motifs is 1. The Bertz CT molecular complexity index is 1460. The molecule has 0 aliphatic carbocycles. The minimum absolute atomic E-state index is 0.108. The van der Waals surface area contributed by atoms with Crippen molar-refractivity contribution >= 4 is 43.3 Å².